The monoisotopic (exact) mass is 732 g/mol. The molecular formula is C36H32Cl4O8. The summed E-state index contributed by atoms with van der Waals surface area (Å²) in [6.07, 6.45) is 10.6. The van der Waals surface area contributed by atoms with Crippen molar-refractivity contribution in [1.29, 1.82) is 0 Å². The van der Waals surface area contributed by atoms with Crippen molar-refractivity contribution >= 4 is 113 Å². The van der Waals surface area contributed by atoms with E-state index in [1.165, 1.54) is 25.7 Å². The van der Waals surface area contributed by atoms with E-state index in [2.05, 4.69) is 6.92 Å². The third-order valence-electron chi connectivity index (χ3n) is 9.06. The first kappa shape index (κ1) is 35.7. The topological polar surface area (TPSA) is 149 Å². The van der Waals surface area contributed by atoms with E-state index in [9.17, 15) is 39.6 Å². The van der Waals surface area contributed by atoms with E-state index in [0.717, 1.165) is 50.3 Å². The molecule has 0 spiro atoms. The summed E-state index contributed by atoms with van der Waals surface area (Å²) in [5.41, 5.74) is -1.29. The molecule has 8 nitrogen and oxygen atoms in total. The van der Waals surface area contributed by atoms with E-state index in [4.69, 9.17) is 46.4 Å². The van der Waals surface area contributed by atoms with Crippen molar-refractivity contribution in [3.63, 3.8) is 0 Å². The Labute approximate surface area is 295 Å². The van der Waals surface area contributed by atoms with Crippen LogP contribution in [0.2, 0.25) is 20.1 Å². The summed E-state index contributed by atoms with van der Waals surface area (Å²) in [4.78, 5) is 50.5. The van der Waals surface area contributed by atoms with Gasteiger partial charge in [0.2, 0.25) is 0 Å². The lowest BCUT2D eigenvalue weighted by Crippen LogP contribution is -2.11. The van der Waals surface area contributed by atoms with Crippen LogP contribution in [-0.2, 0) is 6.42 Å². The van der Waals surface area contributed by atoms with Gasteiger partial charge in [0.05, 0.1) is 27.3 Å². The maximum absolute atomic E-state index is 13.0. The average molecular weight is 734 g/mol. The van der Waals surface area contributed by atoms with Crippen molar-refractivity contribution < 1.29 is 39.6 Å². The Morgan fingerprint density at radius 3 is 1.27 bits per heavy atom. The molecule has 252 valence electrons. The van der Waals surface area contributed by atoms with E-state index < -0.39 is 35.0 Å². The number of carboxylic acids is 4. The van der Waals surface area contributed by atoms with Gasteiger partial charge in [0.25, 0.3) is 0 Å². The molecule has 5 aromatic rings. The predicted molar refractivity (Wildman–Crippen MR) is 191 cm³/mol. The SMILES string of the molecule is CCCCCCCCCCCCc1c(C(=O)O)c2c(C(=O)O)cc(Cl)c3c4c(Cl)cc(C(=O)O)c5c(C(=O)O)cc(Cl)c(c(c1Cl)c23)c54. The molecule has 4 N–H and O–H groups in total. The second-order valence-electron chi connectivity index (χ2n) is 12.0. The summed E-state index contributed by atoms with van der Waals surface area (Å²) < 4.78 is 0. The highest BCUT2D eigenvalue weighted by Crippen LogP contribution is 2.53. The van der Waals surface area contributed by atoms with Crippen LogP contribution in [0.5, 0.6) is 0 Å². The van der Waals surface area contributed by atoms with E-state index in [-0.39, 0.29) is 86.3 Å². The van der Waals surface area contributed by atoms with Gasteiger partial charge in [-0.05, 0) is 36.6 Å². The van der Waals surface area contributed by atoms with Gasteiger partial charge in [-0.25, -0.2) is 19.2 Å². The standard InChI is InChI=1S/C36H32Cl4O8/c1-2-3-4-5-6-7-8-9-10-11-12-16-25(36(47)48)24-19(35(45)46)15-21(38)27-26-20(37)13-17(33(41)42)23-18(34(43)44)14-22(39)28(29(23)26)31(30(24)27)32(16)40/h13-15H,2-12H2,1H3,(H,41,42)(H,43,44)(H,45,46)(H,47,48). The summed E-state index contributed by atoms with van der Waals surface area (Å²) in [5, 5.41) is 40.9. The van der Waals surface area contributed by atoms with Crippen LogP contribution in [0.4, 0.5) is 0 Å². The quantitative estimate of drug-likeness (QED) is 0.0472. The molecule has 0 heterocycles. The van der Waals surface area contributed by atoms with Crippen molar-refractivity contribution in [3.05, 3.63) is 66.1 Å². The van der Waals surface area contributed by atoms with Crippen LogP contribution in [0, 0.1) is 0 Å². The number of rotatable bonds is 15. The highest BCUT2D eigenvalue weighted by molar-refractivity contribution is 6.55. The highest BCUT2D eigenvalue weighted by Gasteiger charge is 2.33. The Morgan fingerprint density at radius 2 is 0.854 bits per heavy atom. The van der Waals surface area contributed by atoms with E-state index in [0.29, 0.717) is 6.42 Å². The summed E-state index contributed by atoms with van der Waals surface area (Å²) in [6.45, 7) is 2.18. The lowest BCUT2D eigenvalue weighted by atomic mass is 9.82. The van der Waals surface area contributed by atoms with Gasteiger partial charge in [-0.2, -0.15) is 0 Å². The fourth-order valence-electron chi connectivity index (χ4n) is 6.99. The average Bonchev–Trinajstić information content (AvgIpc) is 3.02. The first-order valence-corrected chi connectivity index (χ1v) is 17.3. The minimum Gasteiger partial charge on any atom is -0.478 e. The van der Waals surface area contributed by atoms with Gasteiger partial charge in [-0.15, -0.1) is 0 Å². The Hall–Kier alpha value is -3.56. The third-order valence-corrected chi connectivity index (χ3v) is 10.4. The number of benzene rings is 5. The number of carbonyl (C=O) groups is 4. The molecule has 0 saturated carbocycles. The normalized spacial score (nSPS) is 11.8. The van der Waals surface area contributed by atoms with Gasteiger partial charge in [0.15, 0.2) is 0 Å². The fraction of sp³-hybridized carbons (Fsp3) is 0.333. The molecule has 0 aliphatic rings. The summed E-state index contributed by atoms with van der Waals surface area (Å²) in [6, 6.07) is 3.31. The molecule has 0 unspecified atom stereocenters. The van der Waals surface area contributed by atoms with Gasteiger partial charge in [0, 0.05) is 58.2 Å². The van der Waals surface area contributed by atoms with Crippen molar-refractivity contribution in [1.82, 2.24) is 0 Å². The number of carboxylic acid groups (broad SMARTS) is 4. The van der Waals surface area contributed by atoms with Crippen LogP contribution in [0.1, 0.15) is 118 Å². The molecule has 0 atom stereocenters. The molecule has 0 amide bonds. The number of aromatic carboxylic acids is 4. The zero-order chi connectivity index (χ0) is 35.0. The molecule has 0 bridgehead atoms. The van der Waals surface area contributed by atoms with Gasteiger partial charge in [-0.3, -0.25) is 0 Å². The molecular weight excluding hydrogens is 702 g/mol. The Morgan fingerprint density at radius 1 is 0.479 bits per heavy atom. The molecule has 0 saturated heterocycles. The van der Waals surface area contributed by atoms with Crippen molar-refractivity contribution in [2.45, 2.75) is 77.6 Å². The largest absolute Gasteiger partial charge is 0.478 e. The summed E-state index contributed by atoms with van der Waals surface area (Å²) >= 11 is 27.4. The maximum atomic E-state index is 13.0. The van der Waals surface area contributed by atoms with Crippen molar-refractivity contribution in [2.75, 3.05) is 0 Å². The number of fused-ring (bicyclic) bond motifs is 2. The van der Waals surface area contributed by atoms with E-state index in [1.807, 2.05) is 0 Å². The fourth-order valence-corrected chi connectivity index (χ4v) is 8.26. The first-order valence-electron chi connectivity index (χ1n) is 15.8. The van der Waals surface area contributed by atoms with Crippen molar-refractivity contribution in [3.8, 4) is 0 Å². The molecule has 5 rings (SSSR count). The minimum atomic E-state index is -1.45. The van der Waals surface area contributed by atoms with E-state index in [1.54, 1.807) is 0 Å². The number of hydrogen-bond donors (Lipinski definition) is 4. The van der Waals surface area contributed by atoms with Crippen LogP contribution in [0.3, 0.4) is 0 Å². The molecule has 0 aliphatic carbocycles. The van der Waals surface area contributed by atoms with Gasteiger partial charge < -0.3 is 20.4 Å². The molecule has 0 fully saturated rings. The molecule has 0 aromatic heterocycles. The Balaban J connectivity index is 1.83. The number of hydrogen-bond acceptors (Lipinski definition) is 4. The van der Waals surface area contributed by atoms with Gasteiger partial charge >= 0.3 is 23.9 Å². The lowest BCUT2D eigenvalue weighted by Gasteiger charge is -2.24. The van der Waals surface area contributed by atoms with Gasteiger partial charge in [0.1, 0.15) is 0 Å². The second kappa shape index (κ2) is 14.5. The van der Waals surface area contributed by atoms with Gasteiger partial charge in [-0.1, -0.05) is 111 Å². The number of halogens is 4. The predicted octanol–water partition coefficient (Wildman–Crippen LogP) is 11.6. The first-order chi connectivity index (χ1) is 22.8. The van der Waals surface area contributed by atoms with Crippen LogP contribution in [0.15, 0.2) is 18.2 Å². The Bertz CT molecular complexity index is 2120. The second-order valence-corrected chi connectivity index (χ2v) is 13.6. The summed E-state index contributed by atoms with van der Waals surface area (Å²) in [7, 11) is 0. The van der Waals surface area contributed by atoms with Crippen LogP contribution < -0.4 is 0 Å². The molecule has 12 heteroatoms. The van der Waals surface area contributed by atoms with Crippen LogP contribution >= 0.6 is 46.4 Å². The smallest absolute Gasteiger partial charge is 0.336 e. The van der Waals surface area contributed by atoms with Crippen molar-refractivity contribution in [2.24, 2.45) is 0 Å². The van der Waals surface area contributed by atoms with E-state index >= 15 is 0 Å². The maximum Gasteiger partial charge on any atom is 0.336 e. The molecule has 5 aromatic carbocycles. The molecule has 0 radical (unpaired) electrons. The molecule has 0 aliphatic heterocycles. The van der Waals surface area contributed by atoms with Crippen LogP contribution in [-0.4, -0.2) is 44.3 Å². The minimum absolute atomic E-state index is 0.0237. The number of unbranched alkanes of at least 4 members (excludes halogenated alkanes) is 9. The zero-order valence-electron chi connectivity index (χ0n) is 25.9. The molecule has 48 heavy (non-hydrogen) atoms. The van der Waals surface area contributed by atoms with Crippen LogP contribution in [0.25, 0.3) is 43.1 Å². The lowest BCUT2D eigenvalue weighted by molar-refractivity contribution is 0.0680. The summed E-state index contributed by atoms with van der Waals surface area (Å²) in [5.74, 6) is -5.72. The Kier molecular flexibility index (Phi) is 10.8. The highest BCUT2D eigenvalue weighted by atomic mass is 35.5. The zero-order valence-corrected chi connectivity index (χ0v) is 29.0. The third kappa shape index (κ3) is 6.20.